The van der Waals surface area contributed by atoms with Gasteiger partial charge in [0, 0.05) is 19.4 Å². The van der Waals surface area contributed by atoms with Gasteiger partial charge in [-0.2, -0.15) is 0 Å². The molecule has 5 atom stereocenters. The van der Waals surface area contributed by atoms with E-state index >= 15 is 0 Å². The third kappa shape index (κ3) is 2.98. The van der Waals surface area contributed by atoms with Gasteiger partial charge in [-0.25, -0.2) is 4.79 Å². The number of carbonyl (C=O) groups excluding carboxylic acids is 2. The zero-order valence-corrected chi connectivity index (χ0v) is 13.6. The standard InChI is InChI=1S/C15H26N2O5/c1-5-9(6-2)21-12-11(17-8(3)18)10(16)7-15(13(12)22-15)14(19)20-4/h9-13H,5-7,16H2,1-4H3,(H,17,18)/t10-,11+,12-,13?,15?/m0/s1. The summed E-state index contributed by atoms with van der Waals surface area (Å²) in [5.74, 6) is -0.600. The molecule has 3 N–H and O–H groups in total. The Morgan fingerprint density at radius 1 is 1.41 bits per heavy atom. The molecule has 2 unspecified atom stereocenters. The molecule has 1 amide bonds. The van der Waals surface area contributed by atoms with Crippen molar-refractivity contribution in [1.82, 2.24) is 5.32 Å². The molecular weight excluding hydrogens is 288 g/mol. The molecule has 7 nitrogen and oxygen atoms in total. The minimum absolute atomic E-state index is 0.0334. The molecule has 2 rings (SSSR count). The van der Waals surface area contributed by atoms with Crippen LogP contribution >= 0.6 is 0 Å². The van der Waals surface area contributed by atoms with Crippen molar-refractivity contribution in [3.8, 4) is 0 Å². The number of nitrogens with two attached hydrogens (primary N) is 1. The molecule has 1 aliphatic carbocycles. The summed E-state index contributed by atoms with van der Waals surface area (Å²) in [5.41, 5.74) is 5.17. The average molecular weight is 314 g/mol. The van der Waals surface area contributed by atoms with Crippen LogP contribution in [0.5, 0.6) is 0 Å². The van der Waals surface area contributed by atoms with Gasteiger partial charge in [0.1, 0.15) is 12.2 Å². The van der Waals surface area contributed by atoms with Crippen molar-refractivity contribution in [2.24, 2.45) is 5.73 Å². The molecule has 0 aromatic carbocycles. The molecule has 0 bridgehead atoms. The fourth-order valence-electron chi connectivity index (χ4n) is 3.30. The van der Waals surface area contributed by atoms with Crippen molar-refractivity contribution in [3.05, 3.63) is 0 Å². The summed E-state index contributed by atoms with van der Waals surface area (Å²) in [6.07, 6.45) is 1.16. The number of fused-ring (bicyclic) bond motifs is 1. The molecule has 1 saturated heterocycles. The maximum atomic E-state index is 12.0. The van der Waals surface area contributed by atoms with E-state index in [1.807, 2.05) is 13.8 Å². The van der Waals surface area contributed by atoms with E-state index in [0.29, 0.717) is 6.42 Å². The number of esters is 1. The second-order valence-corrected chi connectivity index (χ2v) is 6.05. The Bertz CT molecular complexity index is 440. The summed E-state index contributed by atoms with van der Waals surface area (Å²) >= 11 is 0. The lowest BCUT2D eigenvalue weighted by Gasteiger charge is -2.37. The summed E-state index contributed by atoms with van der Waals surface area (Å²) in [5, 5.41) is 2.85. The summed E-state index contributed by atoms with van der Waals surface area (Å²) in [4.78, 5) is 23.5. The SMILES string of the molecule is CCC(CC)O[C@@H]1C2OC2(C(=O)OC)C[C@H](N)[C@H]1NC(C)=O. The van der Waals surface area contributed by atoms with E-state index in [1.54, 1.807) is 0 Å². The number of hydrogen-bond acceptors (Lipinski definition) is 6. The van der Waals surface area contributed by atoms with Crippen LogP contribution in [-0.4, -0.2) is 55.0 Å². The van der Waals surface area contributed by atoms with Crippen LogP contribution in [0.4, 0.5) is 0 Å². The Morgan fingerprint density at radius 3 is 2.55 bits per heavy atom. The summed E-state index contributed by atoms with van der Waals surface area (Å²) in [7, 11) is 1.33. The summed E-state index contributed by atoms with van der Waals surface area (Å²) in [6.45, 7) is 5.51. The van der Waals surface area contributed by atoms with Crippen molar-refractivity contribution in [1.29, 1.82) is 0 Å². The second kappa shape index (κ2) is 6.52. The minimum Gasteiger partial charge on any atom is -0.467 e. The molecule has 126 valence electrons. The van der Waals surface area contributed by atoms with E-state index in [1.165, 1.54) is 14.0 Å². The molecule has 7 heteroatoms. The van der Waals surface area contributed by atoms with E-state index in [2.05, 4.69) is 5.32 Å². The van der Waals surface area contributed by atoms with Crippen LogP contribution < -0.4 is 11.1 Å². The van der Waals surface area contributed by atoms with Crippen LogP contribution in [-0.2, 0) is 23.8 Å². The van der Waals surface area contributed by atoms with Gasteiger partial charge in [-0.3, -0.25) is 4.79 Å². The molecule has 0 aromatic heterocycles. The Morgan fingerprint density at radius 2 is 2.05 bits per heavy atom. The van der Waals surface area contributed by atoms with Crippen molar-refractivity contribution in [2.75, 3.05) is 7.11 Å². The van der Waals surface area contributed by atoms with Crippen molar-refractivity contribution < 1.29 is 23.8 Å². The molecule has 0 radical (unpaired) electrons. The molecule has 2 aliphatic rings. The molecule has 22 heavy (non-hydrogen) atoms. The normalized spacial score (nSPS) is 36.6. The van der Waals surface area contributed by atoms with Crippen molar-refractivity contribution in [3.63, 3.8) is 0 Å². The number of ether oxygens (including phenoxy) is 3. The first kappa shape index (κ1) is 17.2. The predicted octanol–water partition coefficient (Wildman–Crippen LogP) is 0.107. The number of methoxy groups -OCH3 is 1. The topological polar surface area (TPSA) is 103 Å². The Labute approximate surface area is 130 Å². The van der Waals surface area contributed by atoms with E-state index in [-0.39, 0.29) is 18.1 Å². The molecule has 0 spiro atoms. The highest BCUT2D eigenvalue weighted by Crippen LogP contribution is 2.49. The quantitative estimate of drug-likeness (QED) is 0.533. The number of hydrogen-bond donors (Lipinski definition) is 2. The van der Waals surface area contributed by atoms with Crippen LogP contribution in [0.2, 0.25) is 0 Å². The lowest BCUT2D eigenvalue weighted by Crippen LogP contribution is -2.63. The number of epoxide rings is 1. The van der Waals surface area contributed by atoms with Gasteiger partial charge in [0.2, 0.25) is 5.91 Å². The molecule has 1 aliphatic heterocycles. The fraction of sp³-hybridized carbons (Fsp3) is 0.867. The number of carbonyl (C=O) groups is 2. The van der Waals surface area contributed by atoms with Gasteiger partial charge in [0.05, 0.1) is 19.3 Å². The Balaban J connectivity index is 2.21. The first-order valence-electron chi connectivity index (χ1n) is 7.84. The predicted molar refractivity (Wildman–Crippen MR) is 79.1 cm³/mol. The van der Waals surface area contributed by atoms with Gasteiger partial charge in [-0.15, -0.1) is 0 Å². The van der Waals surface area contributed by atoms with Gasteiger partial charge in [-0.1, -0.05) is 13.8 Å². The highest BCUT2D eigenvalue weighted by molar-refractivity contribution is 5.84. The van der Waals surface area contributed by atoms with E-state index < -0.39 is 29.8 Å². The zero-order valence-electron chi connectivity index (χ0n) is 13.6. The van der Waals surface area contributed by atoms with Gasteiger partial charge in [0.15, 0.2) is 5.60 Å². The fourth-order valence-corrected chi connectivity index (χ4v) is 3.30. The lowest BCUT2D eigenvalue weighted by atomic mass is 9.80. The molecule has 0 aromatic rings. The van der Waals surface area contributed by atoms with Crippen molar-refractivity contribution in [2.45, 2.75) is 76.0 Å². The van der Waals surface area contributed by atoms with Crippen LogP contribution in [0.15, 0.2) is 0 Å². The lowest BCUT2D eigenvalue weighted by molar-refractivity contribution is -0.148. The first-order valence-corrected chi connectivity index (χ1v) is 7.84. The van der Waals surface area contributed by atoms with Gasteiger partial charge >= 0.3 is 5.97 Å². The molecular formula is C15H26N2O5. The second-order valence-electron chi connectivity index (χ2n) is 6.05. The van der Waals surface area contributed by atoms with Crippen LogP contribution in [0.25, 0.3) is 0 Å². The smallest absolute Gasteiger partial charge is 0.341 e. The van der Waals surface area contributed by atoms with Crippen molar-refractivity contribution >= 4 is 11.9 Å². The zero-order chi connectivity index (χ0) is 16.5. The van der Waals surface area contributed by atoms with Gasteiger partial charge < -0.3 is 25.3 Å². The number of rotatable bonds is 6. The summed E-state index contributed by atoms with van der Waals surface area (Å²) in [6, 6.07) is -0.801. The van der Waals surface area contributed by atoms with Crippen LogP contribution in [0.1, 0.15) is 40.0 Å². The van der Waals surface area contributed by atoms with E-state index in [0.717, 1.165) is 12.8 Å². The molecule has 2 fully saturated rings. The van der Waals surface area contributed by atoms with Gasteiger partial charge in [0.25, 0.3) is 0 Å². The Hall–Kier alpha value is -1.18. The monoisotopic (exact) mass is 314 g/mol. The Kier molecular flexibility index (Phi) is 5.09. The highest BCUT2D eigenvalue weighted by atomic mass is 16.7. The van der Waals surface area contributed by atoms with Gasteiger partial charge in [-0.05, 0) is 12.8 Å². The maximum Gasteiger partial charge on any atom is 0.341 e. The molecule has 1 heterocycles. The number of amides is 1. The first-order chi connectivity index (χ1) is 10.4. The third-order valence-corrected chi connectivity index (χ3v) is 4.55. The van der Waals surface area contributed by atoms with Crippen LogP contribution in [0.3, 0.4) is 0 Å². The summed E-state index contributed by atoms with van der Waals surface area (Å²) < 4.78 is 16.6. The number of nitrogens with one attached hydrogen (secondary N) is 1. The van der Waals surface area contributed by atoms with E-state index in [9.17, 15) is 9.59 Å². The average Bonchev–Trinajstić information content (AvgIpc) is 3.21. The minimum atomic E-state index is -1.01. The largest absolute Gasteiger partial charge is 0.467 e. The highest BCUT2D eigenvalue weighted by Gasteiger charge is 2.72. The maximum absolute atomic E-state index is 12.0. The van der Waals surface area contributed by atoms with Crippen LogP contribution in [0, 0.1) is 0 Å². The molecule has 1 saturated carbocycles. The third-order valence-electron chi connectivity index (χ3n) is 4.55. The van der Waals surface area contributed by atoms with E-state index in [4.69, 9.17) is 19.9 Å².